The number of hydrogen-bond acceptors (Lipinski definition) is 3. The van der Waals surface area contributed by atoms with E-state index in [0.29, 0.717) is 6.54 Å². The van der Waals surface area contributed by atoms with Gasteiger partial charge in [-0.05, 0) is 20.8 Å². The van der Waals surface area contributed by atoms with Crippen molar-refractivity contribution in [2.75, 3.05) is 26.7 Å². The molecule has 0 aromatic heterocycles. The van der Waals surface area contributed by atoms with Gasteiger partial charge in [0.25, 0.3) is 0 Å². The predicted molar refractivity (Wildman–Crippen MR) is 70.7 cm³/mol. The number of carbonyl (C=O) groups is 3. The van der Waals surface area contributed by atoms with E-state index in [1.807, 2.05) is 0 Å². The second-order valence-corrected chi connectivity index (χ2v) is 4.85. The molecule has 0 saturated carbocycles. The number of carboxylic acids is 1. The minimum Gasteiger partial charge on any atom is -0.481 e. The van der Waals surface area contributed by atoms with Gasteiger partial charge in [0, 0.05) is 26.7 Å². The Kier molecular flexibility index (Phi) is 6.89. The van der Waals surface area contributed by atoms with Crippen molar-refractivity contribution in [2.45, 2.75) is 27.2 Å². The Hall–Kier alpha value is -1.79. The van der Waals surface area contributed by atoms with Gasteiger partial charge >= 0.3 is 12.0 Å². The normalized spacial score (nSPS) is 10.7. The van der Waals surface area contributed by atoms with Gasteiger partial charge in [-0.2, -0.15) is 0 Å². The first-order valence-electron chi connectivity index (χ1n) is 6.21. The van der Waals surface area contributed by atoms with Crippen LogP contribution in [0.3, 0.4) is 0 Å². The van der Waals surface area contributed by atoms with E-state index in [-0.39, 0.29) is 31.4 Å². The lowest BCUT2D eigenvalue weighted by Crippen LogP contribution is -2.48. The first-order valence-corrected chi connectivity index (χ1v) is 6.21. The molecule has 3 amide bonds. The van der Waals surface area contributed by atoms with Gasteiger partial charge in [-0.3, -0.25) is 9.59 Å². The van der Waals surface area contributed by atoms with E-state index in [1.54, 1.807) is 20.8 Å². The molecular weight excluding hydrogens is 250 g/mol. The fraction of sp³-hybridized carbons (Fsp3) is 0.750. The molecule has 0 heterocycles. The van der Waals surface area contributed by atoms with Crippen LogP contribution in [0.15, 0.2) is 0 Å². The maximum Gasteiger partial charge on any atom is 0.317 e. The Balaban J connectivity index is 4.34. The first-order chi connectivity index (χ1) is 8.74. The van der Waals surface area contributed by atoms with Crippen LogP contribution >= 0.6 is 0 Å². The highest BCUT2D eigenvalue weighted by Crippen LogP contribution is 2.13. The zero-order chi connectivity index (χ0) is 15.1. The lowest BCUT2D eigenvalue weighted by molar-refractivity contribution is -0.137. The molecule has 0 atom stereocenters. The van der Waals surface area contributed by atoms with Crippen LogP contribution in [0.5, 0.6) is 0 Å². The van der Waals surface area contributed by atoms with E-state index in [2.05, 4.69) is 10.6 Å². The molecule has 0 aliphatic rings. The van der Waals surface area contributed by atoms with Crippen molar-refractivity contribution < 1.29 is 19.5 Å². The van der Waals surface area contributed by atoms with Gasteiger partial charge in [0.2, 0.25) is 5.91 Å². The summed E-state index contributed by atoms with van der Waals surface area (Å²) in [6.07, 6.45) is -0.0971. The zero-order valence-electron chi connectivity index (χ0n) is 11.9. The standard InChI is InChI=1S/C12H23N3O4/c1-5-15(7-6-9(16)17)11(19)14-8-12(2,3)10(18)13-4/h5-8H2,1-4H3,(H,13,18)(H,14,19)(H,16,17). The van der Waals surface area contributed by atoms with Crippen LogP contribution in [0.25, 0.3) is 0 Å². The topological polar surface area (TPSA) is 98.7 Å². The lowest BCUT2D eigenvalue weighted by Gasteiger charge is -2.26. The summed E-state index contributed by atoms with van der Waals surface area (Å²) in [5, 5.41) is 13.8. The second-order valence-electron chi connectivity index (χ2n) is 4.85. The summed E-state index contributed by atoms with van der Waals surface area (Å²) < 4.78 is 0. The summed E-state index contributed by atoms with van der Waals surface area (Å²) in [5.41, 5.74) is -0.712. The van der Waals surface area contributed by atoms with Crippen LogP contribution in [-0.4, -0.2) is 54.6 Å². The molecule has 0 rings (SSSR count). The van der Waals surface area contributed by atoms with E-state index in [0.717, 1.165) is 0 Å². The third-order valence-electron chi connectivity index (χ3n) is 2.79. The van der Waals surface area contributed by atoms with Crippen molar-refractivity contribution >= 4 is 17.9 Å². The maximum atomic E-state index is 11.8. The quantitative estimate of drug-likeness (QED) is 0.620. The number of urea groups is 1. The second kappa shape index (κ2) is 7.60. The third-order valence-corrected chi connectivity index (χ3v) is 2.79. The van der Waals surface area contributed by atoms with Crippen molar-refractivity contribution in [1.82, 2.24) is 15.5 Å². The van der Waals surface area contributed by atoms with Gasteiger partial charge in [0.1, 0.15) is 0 Å². The fourth-order valence-corrected chi connectivity index (χ4v) is 1.46. The number of nitrogens with one attached hydrogen (secondary N) is 2. The van der Waals surface area contributed by atoms with Crippen molar-refractivity contribution in [3.05, 3.63) is 0 Å². The van der Waals surface area contributed by atoms with Gasteiger partial charge in [-0.25, -0.2) is 4.79 Å². The summed E-state index contributed by atoms with van der Waals surface area (Å²) >= 11 is 0. The molecule has 7 heteroatoms. The molecule has 0 spiro atoms. The predicted octanol–water partition coefficient (Wildman–Crippen LogP) is 0.265. The number of carboxylic acid groups (broad SMARTS) is 1. The van der Waals surface area contributed by atoms with Crippen LogP contribution in [0.4, 0.5) is 4.79 Å². The highest BCUT2D eigenvalue weighted by molar-refractivity contribution is 5.83. The molecule has 0 aromatic carbocycles. The zero-order valence-corrected chi connectivity index (χ0v) is 11.9. The number of nitrogens with zero attached hydrogens (tertiary/aromatic N) is 1. The molecule has 0 saturated heterocycles. The monoisotopic (exact) mass is 273 g/mol. The van der Waals surface area contributed by atoms with E-state index in [9.17, 15) is 14.4 Å². The highest BCUT2D eigenvalue weighted by Gasteiger charge is 2.27. The Morgan fingerprint density at radius 1 is 1.26 bits per heavy atom. The molecule has 0 aromatic rings. The average Bonchev–Trinajstić information content (AvgIpc) is 2.35. The molecule has 0 fully saturated rings. The number of aliphatic carboxylic acids is 1. The molecule has 3 N–H and O–H groups in total. The number of carbonyl (C=O) groups excluding carboxylic acids is 2. The molecule has 0 radical (unpaired) electrons. The van der Waals surface area contributed by atoms with Crippen molar-refractivity contribution in [3.8, 4) is 0 Å². The Morgan fingerprint density at radius 3 is 2.26 bits per heavy atom. The Bertz CT molecular complexity index is 342. The van der Waals surface area contributed by atoms with Gasteiger partial charge in [0.05, 0.1) is 11.8 Å². The largest absolute Gasteiger partial charge is 0.481 e. The van der Waals surface area contributed by atoms with Gasteiger partial charge in [0.15, 0.2) is 0 Å². The van der Waals surface area contributed by atoms with Crippen LogP contribution in [-0.2, 0) is 9.59 Å². The van der Waals surface area contributed by atoms with Crippen molar-refractivity contribution in [1.29, 1.82) is 0 Å². The summed E-state index contributed by atoms with van der Waals surface area (Å²) in [4.78, 5) is 35.3. The number of amides is 3. The first kappa shape index (κ1) is 17.2. The van der Waals surface area contributed by atoms with Gasteiger partial charge < -0.3 is 20.6 Å². The van der Waals surface area contributed by atoms with Crippen LogP contribution in [0.2, 0.25) is 0 Å². The van der Waals surface area contributed by atoms with E-state index in [1.165, 1.54) is 11.9 Å². The molecule has 7 nitrogen and oxygen atoms in total. The summed E-state index contributed by atoms with van der Waals surface area (Å²) in [6.45, 7) is 5.97. The smallest absolute Gasteiger partial charge is 0.317 e. The molecule has 0 aliphatic carbocycles. The number of hydrogen-bond donors (Lipinski definition) is 3. The number of rotatable bonds is 7. The molecular formula is C12H23N3O4. The van der Waals surface area contributed by atoms with Gasteiger partial charge in [-0.1, -0.05) is 0 Å². The lowest BCUT2D eigenvalue weighted by atomic mass is 9.92. The average molecular weight is 273 g/mol. The highest BCUT2D eigenvalue weighted by atomic mass is 16.4. The van der Waals surface area contributed by atoms with Crippen LogP contribution in [0, 0.1) is 5.41 Å². The minimum atomic E-state index is -0.947. The summed E-state index contributed by atoms with van der Waals surface area (Å²) in [6, 6.07) is -0.360. The minimum absolute atomic E-state index is 0.0971. The van der Waals surface area contributed by atoms with E-state index in [4.69, 9.17) is 5.11 Å². The Morgan fingerprint density at radius 2 is 1.84 bits per heavy atom. The Labute approximate surface area is 113 Å². The summed E-state index contributed by atoms with van der Waals surface area (Å²) in [5.74, 6) is -1.11. The van der Waals surface area contributed by atoms with E-state index < -0.39 is 11.4 Å². The maximum absolute atomic E-state index is 11.8. The SMILES string of the molecule is CCN(CCC(=O)O)C(=O)NCC(C)(C)C(=O)NC. The molecule has 0 unspecified atom stereocenters. The van der Waals surface area contributed by atoms with Crippen LogP contribution in [0.1, 0.15) is 27.2 Å². The molecule has 0 bridgehead atoms. The van der Waals surface area contributed by atoms with E-state index >= 15 is 0 Å². The van der Waals surface area contributed by atoms with Crippen molar-refractivity contribution in [3.63, 3.8) is 0 Å². The van der Waals surface area contributed by atoms with Crippen molar-refractivity contribution in [2.24, 2.45) is 5.41 Å². The fourth-order valence-electron chi connectivity index (χ4n) is 1.46. The van der Waals surface area contributed by atoms with Gasteiger partial charge in [-0.15, -0.1) is 0 Å². The molecule has 110 valence electrons. The molecule has 0 aliphatic heterocycles. The summed E-state index contributed by atoms with van der Waals surface area (Å²) in [7, 11) is 1.54. The van der Waals surface area contributed by atoms with Crippen LogP contribution < -0.4 is 10.6 Å². The third kappa shape index (κ3) is 6.08. The molecule has 19 heavy (non-hydrogen) atoms.